The van der Waals surface area contributed by atoms with E-state index < -0.39 is 0 Å². The first-order valence-electron chi connectivity index (χ1n) is 9.18. The van der Waals surface area contributed by atoms with Crippen molar-refractivity contribution in [1.29, 1.82) is 0 Å². The van der Waals surface area contributed by atoms with Gasteiger partial charge in [0.05, 0.1) is 22.3 Å². The van der Waals surface area contributed by atoms with Crippen LogP contribution in [0.1, 0.15) is 40.5 Å². The van der Waals surface area contributed by atoms with Crippen LogP contribution in [0.15, 0.2) is 46.9 Å². The second-order valence-electron chi connectivity index (χ2n) is 6.50. The molecule has 0 unspecified atom stereocenters. The molecule has 0 heterocycles. The molecule has 2 amide bonds. The fraction of sp³-hybridized carbons (Fsp3) is 0.286. The Balaban J connectivity index is 2.04. The average Bonchev–Trinajstić information content (AvgIpc) is 2.69. The monoisotopic (exact) mass is 477 g/mol. The van der Waals surface area contributed by atoms with Crippen molar-refractivity contribution in [3.8, 4) is 5.75 Å². The average molecular weight is 478 g/mol. The molecule has 2 aromatic carbocycles. The highest BCUT2D eigenvalue weighted by Crippen LogP contribution is 2.26. The summed E-state index contributed by atoms with van der Waals surface area (Å²) in [6.45, 7) is 2.72. The predicted molar refractivity (Wildman–Crippen MR) is 123 cm³/mol. The molecule has 6 nitrogen and oxygen atoms in total. The SMILES string of the molecule is CCCCOc1ccc(C(=O)NC(=S)Nc2ccccc2C(=O)N(C)C)cc1Br. The van der Waals surface area contributed by atoms with Gasteiger partial charge in [0.1, 0.15) is 5.75 Å². The van der Waals surface area contributed by atoms with Crippen molar-refractivity contribution < 1.29 is 14.3 Å². The molecule has 154 valence electrons. The predicted octanol–water partition coefficient (Wildman–Crippen LogP) is 4.46. The minimum atomic E-state index is -0.361. The van der Waals surface area contributed by atoms with Crippen LogP contribution in [0, 0.1) is 0 Å². The Morgan fingerprint density at radius 3 is 2.55 bits per heavy atom. The molecule has 2 aromatic rings. The normalized spacial score (nSPS) is 10.2. The van der Waals surface area contributed by atoms with Crippen molar-refractivity contribution in [3.05, 3.63) is 58.1 Å². The maximum Gasteiger partial charge on any atom is 0.257 e. The minimum Gasteiger partial charge on any atom is -0.492 e. The minimum absolute atomic E-state index is 0.105. The van der Waals surface area contributed by atoms with Gasteiger partial charge in [-0.3, -0.25) is 14.9 Å². The standard InChI is InChI=1S/C21H24BrN3O3S/c1-4-5-12-28-18-11-10-14(13-16(18)22)19(26)24-21(29)23-17-9-7-6-8-15(17)20(27)25(2)3/h6-11,13H,4-5,12H2,1-3H3,(H2,23,24,26,29). The molecule has 0 spiro atoms. The number of carbonyl (C=O) groups excluding carboxylic acids is 2. The summed E-state index contributed by atoms with van der Waals surface area (Å²) in [7, 11) is 3.35. The van der Waals surface area contributed by atoms with Gasteiger partial charge in [-0.25, -0.2) is 0 Å². The zero-order chi connectivity index (χ0) is 21.4. The van der Waals surface area contributed by atoms with Gasteiger partial charge in [-0.2, -0.15) is 0 Å². The Labute approximate surface area is 184 Å². The number of hydrogen-bond acceptors (Lipinski definition) is 4. The second kappa shape index (κ2) is 10.9. The summed E-state index contributed by atoms with van der Waals surface area (Å²) in [6.07, 6.45) is 2.01. The van der Waals surface area contributed by atoms with Crippen molar-refractivity contribution in [3.63, 3.8) is 0 Å². The molecule has 0 aliphatic carbocycles. The molecular weight excluding hydrogens is 454 g/mol. The lowest BCUT2D eigenvalue weighted by atomic mass is 10.1. The number of ether oxygens (including phenoxy) is 1. The molecule has 0 aliphatic rings. The zero-order valence-electron chi connectivity index (χ0n) is 16.6. The van der Waals surface area contributed by atoms with Gasteiger partial charge in [0, 0.05) is 19.7 Å². The van der Waals surface area contributed by atoms with Gasteiger partial charge in [0.25, 0.3) is 11.8 Å². The van der Waals surface area contributed by atoms with E-state index in [0.29, 0.717) is 33.6 Å². The summed E-state index contributed by atoms with van der Waals surface area (Å²) in [4.78, 5) is 26.3. The van der Waals surface area contributed by atoms with E-state index in [2.05, 4.69) is 33.5 Å². The highest BCUT2D eigenvalue weighted by molar-refractivity contribution is 9.10. The maximum absolute atomic E-state index is 12.5. The van der Waals surface area contributed by atoms with Gasteiger partial charge in [-0.05, 0) is 64.9 Å². The number of halogens is 1. The molecule has 29 heavy (non-hydrogen) atoms. The van der Waals surface area contributed by atoms with Crippen LogP contribution in [0.2, 0.25) is 0 Å². The summed E-state index contributed by atoms with van der Waals surface area (Å²) in [5.74, 6) is 0.163. The number of amides is 2. The first kappa shape index (κ1) is 22.8. The zero-order valence-corrected chi connectivity index (χ0v) is 19.0. The molecule has 0 bridgehead atoms. The number of carbonyl (C=O) groups is 2. The summed E-state index contributed by atoms with van der Waals surface area (Å²) in [5.41, 5.74) is 1.42. The highest BCUT2D eigenvalue weighted by atomic mass is 79.9. The van der Waals surface area contributed by atoms with Crippen LogP contribution in [0.5, 0.6) is 5.75 Å². The van der Waals surface area contributed by atoms with Crippen molar-refractivity contribution in [1.82, 2.24) is 10.2 Å². The fourth-order valence-electron chi connectivity index (χ4n) is 2.43. The Bertz CT molecular complexity index is 902. The van der Waals surface area contributed by atoms with E-state index in [-0.39, 0.29) is 16.9 Å². The molecule has 0 aliphatic heterocycles. The van der Waals surface area contributed by atoms with Gasteiger partial charge >= 0.3 is 0 Å². The van der Waals surface area contributed by atoms with Crippen molar-refractivity contribution >= 4 is 50.8 Å². The number of unbranched alkanes of at least 4 members (excludes halogenated alkanes) is 1. The maximum atomic E-state index is 12.5. The first-order valence-corrected chi connectivity index (χ1v) is 10.4. The number of nitrogens with one attached hydrogen (secondary N) is 2. The summed E-state index contributed by atoms with van der Waals surface area (Å²) in [5, 5.41) is 5.66. The van der Waals surface area contributed by atoms with Crippen LogP contribution < -0.4 is 15.4 Å². The van der Waals surface area contributed by atoms with E-state index in [1.807, 2.05) is 0 Å². The third-order valence-electron chi connectivity index (χ3n) is 3.99. The molecule has 0 saturated heterocycles. The van der Waals surface area contributed by atoms with Gasteiger partial charge in [0.15, 0.2) is 5.11 Å². The summed E-state index contributed by atoms with van der Waals surface area (Å²) in [6, 6.07) is 12.1. The second-order valence-corrected chi connectivity index (χ2v) is 7.76. The Kier molecular flexibility index (Phi) is 8.60. The third kappa shape index (κ3) is 6.54. The van der Waals surface area contributed by atoms with Gasteiger partial charge in [-0.1, -0.05) is 25.5 Å². The number of hydrogen-bond donors (Lipinski definition) is 2. The Morgan fingerprint density at radius 2 is 1.90 bits per heavy atom. The lowest BCUT2D eigenvalue weighted by Gasteiger charge is -2.16. The van der Waals surface area contributed by atoms with Crippen LogP contribution in [0.4, 0.5) is 5.69 Å². The number of nitrogens with zero attached hydrogens (tertiary/aromatic N) is 1. The third-order valence-corrected chi connectivity index (χ3v) is 4.81. The Hall–Kier alpha value is -2.45. The van der Waals surface area contributed by atoms with E-state index in [0.717, 1.165) is 12.8 Å². The largest absolute Gasteiger partial charge is 0.492 e. The van der Waals surface area contributed by atoms with Crippen LogP contribution in [-0.2, 0) is 0 Å². The van der Waals surface area contributed by atoms with E-state index in [1.54, 1.807) is 56.6 Å². The number of benzene rings is 2. The fourth-order valence-corrected chi connectivity index (χ4v) is 3.13. The van der Waals surface area contributed by atoms with Crippen LogP contribution in [0.25, 0.3) is 0 Å². The van der Waals surface area contributed by atoms with E-state index in [4.69, 9.17) is 17.0 Å². The highest BCUT2D eigenvalue weighted by Gasteiger charge is 2.15. The van der Waals surface area contributed by atoms with Gasteiger partial charge in [-0.15, -0.1) is 0 Å². The number of para-hydroxylation sites is 1. The van der Waals surface area contributed by atoms with Crippen LogP contribution in [0.3, 0.4) is 0 Å². The smallest absolute Gasteiger partial charge is 0.257 e. The van der Waals surface area contributed by atoms with Gasteiger partial charge < -0.3 is 15.0 Å². The van der Waals surface area contributed by atoms with Crippen LogP contribution >= 0.6 is 28.1 Å². The van der Waals surface area contributed by atoms with Gasteiger partial charge in [0.2, 0.25) is 0 Å². The van der Waals surface area contributed by atoms with E-state index in [9.17, 15) is 9.59 Å². The number of anilines is 1. The number of thiocarbonyl (C=S) groups is 1. The first-order chi connectivity index (χ1) is 13.8. The Morgan fingerprint density at radius 1 is 1.17 bits per heavy atom. The molecule has 2 N–H and O–H groups in total. The lowest BCUT2D eigenvalue weighted by Crippen LogP contribution is -2.35. The topological polar surface area (TPSA) is 70.7 Å². The summed E-state index contributed by atoms with van der Waals surface area (Å²) >= 11 is 8.68. The summed E-state index contributed by atoms with van der Waals surface area (Å²) < 4.78 is 6.37. The molecule has 0 atom stereocenters. The van der Waals surface area contributed by atoms with E-state index >= 15 is 0 Å². The molecular formula is C21H24BrN3O3S. The molecule has 0 fully saturated rings. The lowest BCUT2D eigenvalue weighted by molar-refractivity contribution is 0.0828. The van der Waals surface area contributed by atoms with Crippen LogP contribution in [-0.4, -0.2) is 42.5 Å². The molecule has 2 rings (SSSR count). The van der Waals surface area contributed by atoms with Crippen molar-refractivity contribution in [2.75, 3.05) is 26.0 Å². The molecule has 8 heteroatoms. The van der Waals surface area contributed by atoms with Crippen molar-refractivity contribution in [2.45, 2.75) is 19.8 Å². The molecule has 0 saturated carbocycles. The number of rotatable bonds is 7. The molecule has 0 aromatic heterocycles. The van der Waals surface area contributed by atoms with E-state index in [1.165, 1.54) is 4.90 Å². The molecule has 0 radical (unpaired) electrons. The quantitative estimate of drug-likeness (QED) is 0.455. The van der Waals surface area contributed by atoms with Crippen molar-refractivity contribution in [2.24, 2.45) is 0 Å².